The molecule has 2 aromatic rings. The molecule has 3 rings (SSSR count). The average Bonchev–Trinajstić information content (AvgIpc) is 2.88. The van der Waals surface area contributed by atoms with Crippen LogP contribution in [0.25, 0.3) is 5.76 Å². The van der Waals surface area contributed by atoms with Crippen LogP contribution in [-0.2, 0) is 20.1 Å². The van der Waals surface area contributed by atoms with E-state index in [0.29, 0.717) is 10.8 Å². The fourth-order valence-corrected chi connectivity index (χ4v) is 2.58. The Morgan fingerprint density at radius 1 is 1.18 bits per heavy atom. The summed E-state index contributed by atoms with van der Waals surface area (Å²) in [5.74, 6) is -1.87. The smallest absolute Gasteiger partial charge is 0.305 e. The number of phenolic OH excluding ortho intramolecular Hbond substituents is 1. The average molecular weight is 317 g/mol. The number of hydrogen-bond acceptors (Lipinski definition) is 4. The lowest BCUT2D eigenvalue weighted by Crippen LogP contribution is -2.35. The Labute approximate surface area is 132 Å². The Hall–Kier alpha value is -2.30. The van der Waals surface area contributed by atoms with Gasteiger partial charge in [0.2, 0.25) is 5.78 Å². The highest BCUT2D eigenvalue weighted by Gasteiger charge is 2.49. The highest BCUT2D eigenvalue weighted by Crippen LogP contribution is 2.43. The number of carbonyl (C=O) groups excluding carboxylic acids is 1. The zero-order valence-corrected chi connectivity index (χ0v) is 12.5. The van der Waals surface area contributed by atoms with Gasteiger partial charge in [-0.1, -0.05) is 41.9 Å². The maximum Gasteiger partial charge on any atom is 0.305 e. The van der Waals surface area contributed by atoms with Crippen molar-refractivity contribution in [1.29, 1.82) is 0 Å². The minimum atomic E-state index is -1.72. The summed E-state index contributed by atoms with van der Waals surface area (Å²) >= 11 is 5.96. The predicted octanol–water partition coefficient (Wildman–Crippen LogP) is 3.49. The third kappa shape index (κ3) is 2.26. The molecule has 0 spiro atoms. The van der Waals surface area contributed by atoms with Crippen LogP contribution < -0.4 is 0 Å². The molecule has 0 saturated carbocycles. The molecule has 2 aromatic carbocycles. The van der Waals surface area contributed by atoms with Crippen LogP contribution in [-0.4, -0.2) is 18.0 Å². The third-order valence-electron chi connectivity index (χ3n) is 3.50. The molecule has 0 fully saturated rings. The number of phenols is 1. The first-order chi connectivity index (χ1) is 10.6. The number of aromatic hydroxyl groups is 1. The Morgan fingerprint density at radius 2 is 1.91 bits per heavy atom. The van der Waals surface area contributed by atoms with Gasteiger partial charge in [0, 0.05) is 23.8 Å². The van der Waals surface area contributed by atoms with Crippen molar-refractivity contribution in [2.45, 2.75) is 5.79 Å². The van der Waals surface area contributed by atoms with Crippen LogP contribution >= 0.6 is 11.6 Å². The van der Waals surface area contributed by atoms with Gasteiger partial charge in [-0.15, -0.1) is 0 Å². The van der Waals surface area contributed by atoms with Crippen molar-refractivity contribution in [2.24, 2.45) is 0 Å². The zero-order valence-electron chi connectivity index (χ0n) is 11.7. The van der Waals surface area contributed by atoms with E-state index in [1.807, 2.05) is 30.3 Å². The number of ketones is 1. The number of carbonyl (C=O) groups is 1. The van der Waals surface area contributed by atoms with E-state index in [9.17, 15) is 9.90 Å². The van der Waals surface area contributed by atoms with Crippen LogP contribution in [0.1, 0.15) is 11.1 Å². The van der Waals surface area contributed by atoms with Crippen LogP contribution in [0.3, 0.4) is 0 Å². The summed E-state index contributed by atoms with van der Waals surface area (Å²) in [5.41, 5.74) is 0.922. The largest absolute Gasteiger partial charge is 0.507 e. The molecule has 1 heterocycles. The van der Waals surface area contributed by atoms with Gasteiger partial charge in [0.05, 0.1) is 5.56 Å². The normalized spacial score (nSPS) is 20.6. The number of benzene rings is 2. The van der Waals surface area contributed by atoms with Crippen LogP contribution in [0.5, 0.6) is 5.75 Å². The number of rotatable bonds is 3. The van der Waals surface area contributed by atoms with E-state index >= 15 is 0 Å². The van der Waals surface area contributed by atoms with Crippen molar-refractivity contribution in [3.63, 3.8) is 0 Å². The number of hydrogen-bond donors (Lipinski definition) is 1. The number of methoxy groups -OCH3 is 1. The summed E-state index contributed by atoms with van der Waals surface area (Å²) in [6.07, 6.45) is 1.36. The maximum atomic E-state index is 12.5. The molecule has 1 N–H and O–H groups in total. The lowest BCUT2D eigenvalue weighted by atomic mass is 10.0. The van der Waals surface area contributed by atoms with Crippen LogP contribution in [0.15, 0.2) is 54.6 Å². The van der Waals surface area contributed by atoms with Crippen LogP contribution in [0, 0.1) is 0 Å². The zero-order chi connectivity index (χ0) is 15.7. The van der Waals surface area contributed by atoms with Crippen molar-refractivity contribution in [1.82, 2.24) is 0 Å². The molecule has 22 heavy (non-hydrogen) atoms. The predicted molar refractivity (Wildman–Crippen MR) is 82.3 cm³/mol. The Morgan fingerprint density at radius 3 is 2.59 bits per heavy atom. The molecule has 4 nitrogen and oxygen atoms in total. The third-order valence-corrected chi connectivity index (χ3v) is 3.73. The first kappa shape index (κ1) is 14.6. The fourth-order valence-electron chi connectivity index (χ4n) is 2.41. The van der Waals surface area contributed by atoms with Gasteiger partial charge in [-0.3, -0.25) is 4.79 Å². The SMILES string of the molecule is COC1(c2cc(Cl)ccc2O)OC(c2ccccc2)=CC1=O. The first-order valence-electron chi connectivity index (χ1n) is 6.61. The Kier molecular flexibility index (Phi) is 3.64. The summed E-state index contributed by atoms with van der Waals surface area (Å²) < 4.78 is 11.1. The van der Waals surface area contributed by atoms with Crippen LogP contribution in [0.2, 0.25) is 5.02 Å². The minimum Gasteiger partial charge on any atom is -0.507 e. The molecule has 0 aliphatic carbocycles. The molecule has 1 atom stereocenters. The maximum absolute atomic E-state index is 12.5. The fraction of sp³-hybridized carbons (Fsp3) is 0.118. The quantitative estimate of drug-likeness (QED) is 0.942. The van der Waals surface area contributed by atoms with Crippen molar-refractivity contribution in [2.75, 3.05) is 7.11 Å². The minimum absolute atomic E-state index is 0.123. The van der Waals surface area contributed by atoms with Crippen molar-refractivity contribution in [3.8, 4) is 5.75 Å². The number of ether oxygens (including phenoxy) is 2. The summed E-state index contributed by atoms with van der Waals surface area (Å²) in [6.45, 7) is 0. The second kappa shape index (κ2) is 5.48. The molecule has 0 saturated heterocycles. The second-order valence-electron chi connectivity index (χ2n) is 4.82. The monoisotopic (exact) mass is 316 g/mol. The van der Waals surface area contributed by atoms with Gasteiger partial charge in [-0.2, -0.15) is 0 Å². The summed E-state index contributed by atoms with van der Waals surface area (Å²) in [4.78, 5) is 12.5. The summed E-state index contributed by atoms with van der Waals surface area (Å²) in [6, 6.07) is 13.6. The van der Waals surface area contributed by atoms with E-state index in [2.05, 4.69) is 0 Å². The molecule has 0 amide bonds. The Balaban J connectivity index is 2.06. The van der Waals surface area contributed by atoms with Gasteiger partial charge in [-0.25, -0.2) is 0 Å². The second-order valence-corrected chi connectivity index (χ2v) is 5.26. The molecule has 0 aromatic heterocycles. The molecule has 5 heteroatoms. The summed E-state index contributed by atoms with van der Waals surface area (Å²) in [7, 11) is 1.35. The van der Waals surface area contributed by atoms with Gasteiger partial charge < -0.3 is 14.6 Å². The molecule has 0 radical (unpaired) electrons. The van der Waals surface area contributed by atoms with Gasteiger partial charge in [0.15, 0.2) is 0 Å². The number of halogens is 1. The lowest BCUT2D eigenvalue weighted by Gasteiger charge is -2.27. The van der Waals surface area contributed by atoms with E-state index in [1.165, 1.54) is 31.4 Å². The van der Waals surface area contributed by atoms with E-state index in [-0.39, 0.29) is 11.3 Å². The van der Waals surface area contributed by atoms with E-state index in [0.717, 1.165) is 5.56 Å². The molecule has 1 unspecified atom stereocenters. The van der Waals surface area contributed by atoms with Crippen LogP contribution in [0.4, 0.5) is 0 Å². The van der Waals surface area contributed by atoms with Crippen molar-refractivity contribution in [3.05, 3.63) is 70.8 Å². The van der Waals surface area contributed by atoms with E-state index < -0.39 is 11.6 Å². The molecular weight excluding hydrogens is 304 g/mol. The van der Waals surface area contributed by atoms with Crippen molar-refractivity contribution < 1.29 is 19.4 Å². The molecule has 0 bridgehead atoms. The van der Waals surface area contributed by atoms with Gasteiger partial charge in [0.25, 0.3) is 0 Å². The summed E-state index contributed by atoms with van der Waals surface area (Å²) in [5, 5.41) is 10.4. The first-order valence-corrected chi connectivity index (χ1v) is 6.99. The molecular formula is C17H13ClO4. The molecule has 112 valence electrons. The van der Waals surface area contributed by atoms with Gasteiger partial charge in [0.1, 0.15) is 11.5 Å². The van der Waals surface area contributed by atoms with E-state index in [1.54, 1.807) is 0 Å². The highest BCUT2D eigenvalue weighted by molar-refractivity contribution is 6.30. The Bertz CT molecular complexity index is 755. The highest BCUT2D eigenvalue weighted by atomic mass is 35.5. The standard InChI is InChI=1S/C17H13ClO4/c1-21-17(13-9-12(18)7-8-14(13)19)16(20)10-15(22-17)11-5-3-2-4-6-11/h2-10,19H,1H3. The molecule has 1 aliphatic rings. The molecule has 1 aliphatic heterocycles. The van der Waals surface area contributed by atoms with Gasteiger partial charge in [-0.05, 0) is 18.2 Å². The van der Waals surface area contributed by atoms with Gasteiger partial charge >= 0.3 is 5.79 Å². The lowest BCUT2D eigenvalue weighted by molar-refractivity contribution is -0.186. The topological polar surface area (TPSA) is 55.8 Å². The van der Waals surface area contributed by atoms with Crippen molar-refractivity contribution >= 4 is 23.1 Å². The van der Waals surface area contributed by atoms with E-state index in [4.69, 9.17) is 21.1 Å².